The number of likely N-dealkylation sites (N-methyl/N-ethyl adjacent to an activating group) is 1. The van der Waals surface area contributed by atoms with Crippen LogP contribution in [-0.4, -0.2) is 12.6 Å². The maximum Gasteiger partial charge on any atom is 0.137 e. The number of halogens is 3. The number of hydrogen-bond acceptors (Lipinski definition) is 1. The molecule has 112 valence electrons. The molecule has 21 heavy (non-hydrogen) atoms. The summed E-state index contributed by atoms with van der Waals surface area (Å²) < 4.78 is 14.9. The van der Waals surface area contributed by atoms with Gasteiger partial charge in [-0.05, 0) is 70.7 Å². The van der Waals surface area contributed by atoms with Gasteiger partial charge in [0.05, 0.1) is 4.47 Å². The van der Waals surface area contributed by atoms with Crippen molar-refractivity contribution in [1.82, 2.24) is 5.32 Å². The minimum atomic E-state index is -0.217. The van der Waals surface area contributed by atoms with E-state index < -0.39 is 0 Å². The second kappa shape index (κ2) is 8.06. The van der Waals surface area contributed by atoms with Crippen molar-refractivity contribution < 1.29 is 4.39 Å². The van der Waals surface area contributed by atoms with Crippen LogP contribution in [0.4, 0.5) is 4.39 Å². The van der Waals surface area contributed by atoms with Crippen molar-refractivity contribution in [2.75, 3.05) is 6.54 Å². The van der Waals surface area contributed by atoms with Crippen molar-refractivity contribution in [1.29, 1.82) is 0 Å². The summed E-state index contributed by atoms with van der Waals surface area (Å²) in [5.74, 6) is -0.217. The first-order valence-electron chi connectivity index (χ1n) is 7.00. The molecule has 1 unspecified atom stereocenters. The Kier molecular flexibility index (Phi) is 6.40. The lowest BCUT2D eigenvalue weighted by Crippen LogP contribution is -2.33. The molecule has 0 aromatic heterocycles. The Hall–Kier alpha value is -0.710. The van der Waals surface area contributed by atoms with E-state index in [1.807, 2.05) is 18.2 Å². The normalized spacial score (nSPS) is 12.4. The summed E-state index contributed by atoms with van der Waals surface area (Å²) >= 11 is 6.76. The lowest BCUT2D eigenvalue weighted by Gasteiger charge is -2.18. The van der Waals surface area contributed by atoms with Crippen LogP contribution in [-0.2, 0) is 12.8 Å². The molecule has 2 rings (SSSR count). The molecule has 0 saturated carbocycles. The van der Waals surface area contributed by atoms with E-state index in [1.165, 1.54) is 11.6 Å². The highest BCUT2D eigenvalue weighted by atomic mass is 79.9. The molecule has 2 aromatic rings. The van der Waals surface area contributed by atoms with Crippen LogP contribution in [0.25, 0.3) is 0 Å². The third kappa shape index (κ3) is 5.20. The third-order valence-electron chi connectivity index (χ3n) is 3.33. The average Bonchev–Trinajstić information content (AvgIpc) is 2.43. The van der Waals surface area contributed by atoms with Gasteiger partial charge in [0.1, 0.15) is 5.82 Å². The minimum Gasteiger partial charge on any atom is -0.314 e. The summed E-state index contributed by atoms with van der Waals surface area (Å²) in [7, 11) is 0. The van der Waals surface area contributed by atoms with Crippen molar-refractivity contribution in [3.63, 3.8) is 0 Å². The minimum absolute atomic E-state index is 0.217. The van der Waals surface area contributed by atoms with Gasteiger partial charge in [0.15, 0.2) is 0 Å². The zero-order valence-corrected chi connectivity index (χ0v) is 15.0. The van der Waals surface area contributed by atoms with Gasteiger partial charge in [0.2, 0.25) is 0 Å². The molecule has 0 spiro atoms. The molecule has 0 amide bonds. The van der Waals surface area contributed by atoms with Crippen molar-refractivity contribution in [2.45, 2.75) is 25.8 Å². The number of hydrogen-bond donors (Lipinski definition) is 1. The topological polar surface area (TPSA) is 12.0 Å². The van der Waals surface area contributed by atoms with E-state index in [4.69, 9.17) is 0 Å². The maximum absolute atomic E-state index is 13.3. The van der Waals surface area contributed by atoms with Crippen molar-refractivity contribution >= 4 is 31.9 Å². The Labute approximate surface area is 142 Å². The van der Waals surface area contributed by atoms with E-state index in [0.29, 0.717) is 10.5 Å². The summed E-state index contributed by atoms with van der Waals surface area (Å²) in [4.78, 5) is 0. The number of rotatable bonds is 6. The van der Waals surface area contributed by atoms with Gasteiger partial charge >= 0.3 is 0 Å². The van der Waals surface area contributed by atoms with Crippen LogP contribution in [0.5, 0.6) is 0 Å². The van der Waals surface area contributed by atoms with Gasteiger partial charge in [-0.2, -0.15) is 0 Å². The largest absolute Gasteiger partial charge is 0.314 e. The predicted octanol–water partition coefficient (Wildman–Crippen LogP) is 5.11. The van der Waals surface area contributed by atoms with Crippen LogP contribution < -0.4 is 5.32 Å². The molecular weight excluding hydrogens is 397 g/mol. The fraction of sp³-hybridized carbons (Fsp3) is 0.294. The second-order valence-corrected chi connectivity index (χ2v) is 6.81. The highest BCUT2D eigenvalue weighted by molar-refractivity contribution is 9.10. The third-order valence-corrected chi connectivity index (χ3v) is 4.43. The van der Waals surface area contributed by atoms with Crippen molar-refractivity contribution in [3.05, 3.63) is 68.4 Å². The SMILES string of the molecule is CCNC(Cc1cccc(Br)c1)Cc1ccc(F)c(Br)c1. The van der Waals surface area contributed by atoms with Crippen LogP contribution in [0, 0.1) is 5.82 Å². The zero-order chi connectivity index (χ0) is 15.2. The van der Waals surface area contributed by atoms with Gasteiger partial charge in [-0.25, -0.2) is 4.39 Å². The van der Waals surface area contributed by atoms with E-state index in [1.54, 1.807) is 0 Å². The van der Waals surface area contributed by atoms with Crippen LogP contribution in [0.3, 0.4) is 0 Å². The molecular formula is C17H18Br2FN. The molecule has 0 aliphatic heterocycles. The summed E-state index contributed by atoms with van der Waals surface area (Å²) in [5.41, 5.74) is 2.42. The van der Waals surface area contributed by atoms with Crippen LogP contribution in [0.2, 0.25) is 0 Å². The predicted molar refractivity (Wildman–Crippen MR) is 93.1 cm³/mol. The zero-order valence-electron chi connectivity index (χ0n) is 11.9. The van der Waals surface area contributed by atoms with Gasteiger partial charge in [0, 0.05) is 10.5 Å². The lowest BCUT2D eigenvalue weighted by molar-refractivity contribution is 0.520. The highest BCUT2D eigenvalue weighted by Gasteiger charge is 2.11. The van der Waals surface area contributed by atoms with Crippen molar-refractivity contribution in [3.8, 4) is 0 Å². The quantitative estimate of drug-likeness (QED) is 0.692. The Balaban J connectivity index is 2.09. The molecule has 0 aliphatic carbocycles. The molecule has 1 atom stereocenters. The van der Waals surface area contributed by atoms with E-state index >= 15 is 0 Å². The summed E-state index contributed by atoms with van der Waals surface area (Å²) in [5, 5.41) is 3.51. The van der Waals surface area contributed by atoms with Gasteiger partial charge < -0.3 is 5.32 Å². The molecule has 0 saturated heterocycles. The first-order chi connectivity index (χ1) is 10.1. The molecule has 1 nitrogen and oxygen atoms in total. The Morgan fingerprint density at radius 2 is 1.76 bits per heavy atom. The molecule has 0 radical (unpaired) electrons. The number of benzene rings is 2. The summed E-state index contributed by atoms with van der Waals surface area (Å²) in [6.07, 6.45) is 1.82. The van der Waals surface area contributed by atoms with Crippen molar-refractivity contribution in [2.24, 2.45) is 0 Å². The summed E-state index contributed by atoms with van der Waals surface area (Å²) in [6, 6.07) is 13.9. The Morgan fingerprint density at radius 1 is 1.05 bits per heavy atom. The van der Waals surface area contributed by atoms with E-state index in [0.717, 1.165) is 29.4 Å². The van der Waals surface area contributed by atoms with Crippen LogP contribution in [0.1, 0.15) is 18.1 Å². The van der Waals surface area contributed by atoms with E-state index in [2.05, 4.69) is 62.3 Å². The molecule has 0 bridgehead atoms. The summed E-state index contributed by atoms with van der Waals surface area (Å²) in [6.45, 7) is 3.02. The van der Waals surface area contributed by atoms with Crippen LogP contribution >= 0.6 is 31.9 Å². The molecule has 0 fully saturated rings. The second-order valence-electron chi connectivity index (χ2n) is 5.04. The Bertz CT molecular complexity index is 601. The van der Waals surface area contributed by atoms with Gasteiger partial charge in [0.25, 0.3) is 0 Å². The molecule has 4 heteroatoms. The van der Waals surface area contributed by atoms with Crippen LogP contribution in [0.15, 0.2) is 51.4 Å². The van der Waals surface area contributed by atoms with Gasteiger partial charge in [-0.3, -0.25) is 0 Å². The Morgan fingerprint density at radius 3 is 2.38 bits per heavy atom. The van der Waals surface area contributed by atoms with E-state index in [-0.39, 0.29) is 5.82 Å². The fourth-order valence-corrected chi connectivity index (χ4v) is 3.28. The lowest BCUT2D eigenvalue weighted by atomic mass is 9.99. The molecule has 0 aliphatic rings. The van der Waals surface area contributed by atoms with Gasteiger partial charge in [-0.1, -0.05) is 41.1 Å². The average molecular weight is 415 g/mol. The molecule has 1 N–H and O–H groups in total. The first kappa shape index (κ1) is 16.7. The smallest absolute Gasteiger partial charge is 0.137 e. The van der Waals surface area contributed by atoms with Gasteiger partial charge in [-0.15, -0.1) is 0 Å². The first-order valence-corrected chi connectivity index (χ1v) is 8.59. The highest BCUT2D eigenvalue weighted by Crippen LogP contribution is 2.19. The van der Waals surface area contributed by atoms with E-state index in [9.17, 15) is 4.39 Å². The molecule has 0 heterocycles. The fourth-order valence-electron chi connectivity index (χ4n) is 2.40. The maximum atomic E-state index is 13.3. The standard InChI is InChI=1S/C17H18Br2FN/c1-2-21-15(9-12-4-3-5-14(18)8-12)10-13-6-7-17(20)16(19)11-13/h3-8,11,15,21H,2,9-10H2,1H3. The molecule has 2 aromatic carbocycles. The number of nitrogens with one attached hydrogen (secondary N) is 1. The monoisotopic (exact) mass is 413 g/mol.